The van der Waals surface area contributed by atoms with Crippen molar-refractivity contribution in [3.63, 3.8) is 0 Å². The van der Waals surface area contributed by atoms with Gasteiger partial charge in [-0.1, -0.05) is 30.3 Å². The van der Waals surface area contributed by atoms with Crippen molar-refractivity contribution in [3.05, 3.63) is 71.3 Å². The lowest BCUT2D eigenvalue weighted by Crippen LogP contribution is -3.13. The van der Waals surface area contributed by atoms with E-state index in [1.54, 1.807) is 17.0 Å². The fourth-order valence-electron chi connectivity index (χ4n) is 2.92. The van der Waals surface area contributed by atoms with Crippen molar-refractivity contribution in [1.82, 2.24) is 10.4 Å². The average molecular weight is 345 g/mol. The molecule has 3 rings (SSSR count). The molecule has 0 unspecified atom stereocenters. The molecule has 2 aromatic carbocycles. The number of quaternary nitrogens is 1. The van der Waals surface area contributed by atoms with E-state index in [2.05, 4.69) is 29.1 Å². The predicted octanol–water partition coefficient (Wildman–Crippen LogP) is 1.92. The van der Waals surface area contributed by atoms with Gasteiger partial charge < -0.3 is 15.4 Å². The Bertz CT molecular complexity index is 677. The molecule has 1 aliphatic rings. The predicted molar refractivity (Wildman–Crippen MR) is 97.7 cm³/mol. The van der Waals surface area contributed by atoms with Crippen LogP contribution in [0.15, 0.2) is 55.1 Å². The van der Waals surface area contributed by atoms with Crippen molar-refractivity contribution in [2.75, 3.05) is 26.2 Å². The summed E-state index contributed by atoms with van der Waals surface area (Å²) in [5, 5.41) is 12.4. The molecule has 0 radical (unpaired) electrons. The Morgan fingerprint density at radius 1 is 1.08 bits per heavy atom. The highest BCUT2D eigenvalue weighted by atomic mass is 35.5. The number of hydrogen-bond donors (Lipinski definition) is 3. The highest BCUT2D eigenvalue weighted by molar-refractivity contribution is 6.30. The summed E-state index contributed by atoms with van der Waals surface area (Å²) in [7, 11) is 0. The van der Waals surface area contributed by atoms with Gasteiger partial charge in [0.2, 0.25) is 0 Å². The summed E-state index contributed by atoms with van der Waals surface area (Å²) in [6, 6.07) is 15.2. The van der Waals surface area contributed by atoms with Gasteiger partial charge in [-0.25, -0.2) is 5.01 Å². The van der Waals surface area contributed by atoms with Crippen LogP contribution in [0.1, 0.15) is 11.1 Å². The summed E-state index contributed by atoms with van der Waals surface area (Å²) < 4.78 is 0. The van der Waals surface area contributed by atoms with E-state index in [4.69, 9.17) is 11.6 Å². The number of benzene rings is 2. The molecule has 0 spiro atoms. The highest BCUT2D eigenvalue weighted by Gasteiger charge is 2.20. The lowest BCUT2D eigenvalue weighted by atomic mass is 10.2. The van der Waals surface area contributed by atoms with Crippen LogP contribution in [0.2, 0.25) is 5.02 Å². The molecule has 4 nitrogen and oxygen atoms in total. The Morgan fingerprint density at radius 2 is 1.71 bits per heavy atom. The van der Waals surface area contributed by atoms with Gasteiger partial charge in [0.25, 0.3) is 0 Å². The topological polar surface area (TPSA) is 39.9 Å². The summed E-state index contributed by atoms with van der Waals surface area (Å²) >= 11 is 5.94. The zero-order valence-electron chi connectivity index (χ0n) is 13.6. The van der Waals surface area contributed by atoms with Crippen molar-refractivity contribution < 1.29 is 10.0 Å². The molecule has 5 heteroatoms. The first-order valence-electron chi connectivity index (χ1n) is 8.18. The Kier molecular flexibility index (Phi) is 5.41. The summed E-state index contributed by atoms with van der Waals surface area (Å²) in [6.45, 7) is 9.23. The van der Waals surface area contributed by atoms with Crippen LogP contribution < -0.4 is 10.3 Å². The number of nitrogens with zero attached hydrogens (tertiary/aromatic N) is 1. The van der Waals surface area contributed by atoms with Crippen LogP contribution in [0.25, 0.3) is 5.70 Å². The molecule has 3 N–H and O–H groups in total. The Hall–Kier alpha value is -2.01. The van der Waals surface area contributed by atoms with E-state index in [9.17, 15) is 5.11 Å². The van der Waals surface area contributed by atoms with Crippen LogP contribution in [-0.2, 0) is 6.54 Å². The SMILES string of the molecule is C=C(NN1CC[NH+](Cc2ccc(Cl)cc2)CC1)c1ccc(O)cc1. The highest BCUT2D eigenvalue weighted by Crippen LogP contribution is 2.15. The summed E-state index contributed by atoms with van der Waals surface area (Å²) in [5.74, 6) is 0.269. The minimum absolute atomic E-state index is 0.269. The standard InChI is InChI=1S/C19H22ClN3O/c1-15(17-4-8-19(24)9-5-17)21-23-12-10-22(11-13-23)14-16-2-6-18(20)7-3-16/h2-9,21,24H,1,10-14H2/p+1. The fraction of sp³-hybridized carbons (Fsp3) is 0.263. The minimum Gasteiger partial charge on any atom is -0.508 e. The number of halogens is 1. The van der Waals surface area contributed by atoms with Crippen molar-refractivity contribution in [2.24, 2.45) is 0 Å². The molecule has 2 aromatic rings. The molecule has 1 aliphatic heterocycles. The Labute approximate surface area is 147 Å². The molecule has 0 atom stereocenters. The van der Waals surface area contributed by atoms with E-state index in [0.29, 0.717) is 0 Å². The van der Waals surface area contributed by atoms with Crippen molar-refractivity contribution in [1.29, 1.82) is 0 Å². The molecule has 0 bridgehead atoms. The number of piperazine rings is 1. The van der Waals surface area contributed by atoms with E-state index in [0.717, 1.165) is 49.0 Å². The molecular formula is C19H23ClN3O+. The maximum atomic E-state index is 9.35. The van der Waals surface area contributed by atoms with E-state index in [1.165, 1.54) is 5.56 Å². The van der Waals surface area contributed by atoms with Crippen LogP contribution in [0.3, 0.4) is 0 Å². The first-order valence-corrected chi connectivity index (χ1v) is 8.56. The molecule has 1 saturated heterocycles. The third kappa shape index (κ3) is 4.51. The van der Waals surface area contributed by atoms with Gasteiger partial charge in [-0.05, 0) is 42.0 Å². The van der Waals surface area contributed by atoms with Crippen LogP contribution in [-0.4, -0.2) is 36.3 Å². The number of hydrazine groups is 1. The minimum atomic E-state index is 0.269. The average Bonchev–Trinajstić information content (AvgIpc) is 2.59. The number of phenolic OH excluding ortho intramolecular Hbond substituents is 1. The van der Waals surface area contributed by atoms with Crippen molar-refractivity contribution in [2.45, 2.75) is 6.54 Å². The third-order valence-corrected chi connectivity index (χ3v) is 4.60. The Morgan fingerprint density at radius 3 is 2.33 bits per heavy atom. The summed E-state index contributed by atoms with van der Waals surface area (Å²) in [6.07, 6.45) is 0. The van der Waals surface area contributed by atoms with Crippen LogP contribution in [0.5, 0.6) is 5.75 Å². The second-order valence-electron chi connectivity index (χ2n) is 6.18. The smallest absolute Gasteiger partial charge is 0.115 e. The molecule has 126 valence electrons. The maximum absolute atomic E-state index is 9.35. The van der Waals surface area contributed by atoms with Gasteiger partial charge in [0, 0.05) is 16.3 Å². The quantitative estimate of drug-likeness (QED) is 0.776. The first kappa shape index (κ1) is 16.8. The van der Waals surface area contributed by atoms with E-state index in [1.807, 2.05) is 24.3 Å². The summed E-state index contributed by atoms with van der Waals surface area (Å²) in [4.78, 5) is 1.57. The van der Waals surface area contributed by atoms with Crippen molar-refractivity contribution >= 4 is 17.3 Å². The monoisotopic (exact) mass is 344 g/mol. The lowest BCUT2D eigenvalue weighted by molar-refractivity contribution is -0.918. The second kappa shape index (κ2) is 7.71. The normalized spacial score (nSPS) is 16.0. The van der Waals surface area contributed by atoms with Gasteiger partial charge in [0.1, 0.15) is 12.3 Å². The maximum Gasteiger partial charge on any atom is 0.115 e. The van der Waals surface area contributed by atoms with E-state index >= 15 is 0 Å². The molecule has 0 amide bonds. The number of hydrogen-bond acceptors (Lipinski definition) is 3. The Balaban J connectivity index is 1.47. The number of phenols is 1. The van der Waals surface area contributed by atoms with Gasteiger partial charge in [0.05, 0.1) is 26.2 Å². The van der Waals surface area contributed by atoms with Crippen LogP contribution in [0, 0.1) is 0 Å². The largest absolute Gasteiger partial charge is 0.508 e. The molecule has 0 aliphatic carbocycles. The summed E-state index contributed by atoms with van der Waals surface area (Å²) in [5.41, 5.74) is 6.54. The van der Waals surface area contributed by atoms with Gasteiger partial charge in [-0.2, -0.15) is 0 Å². The fourth-order valence-corrected chi connectivity index (χ4v) is 3.05. The molecule has 1 fully saturated rings. The zero-order chi connectivity index (χ0) is 16.9. The molecule has 0 aromatic heterocycles. The van der Waals surface area contributed by atoms with Gasteiger partial charge in [0.15, 0.2) is 0 Å². The van der Waals surface area contributed by atoms with Gasteiger partial charge in [-0.3, -0.25) is 0 Å². The van der Waals surface area contributed by atoms with Gasteiger partial charge >= 0.3 is 0 Å². The molecular weight excluding hydrogens is 322 g/mol. The van der Waals surface area contributed by atoms with Crippen LogP contribution >= 0.6 is 11.6 Å². The van der Waals surface area contributed by atoms with E-state index < -0.39 is 0 Å². The first-order chi connectivity index (χ1) is 11.6. The number of aromatic hydroxyl groups is 1. The van der Waals surface area contributed by atoms with Crippen LogP contribution in [0.4, 0.5) is 0 Å². The second-order valence-corrected chi connectivity index (χ2v) is 6.61. The van der Waals surface area contributed by atoms with Gasteiger partial charge in [-0.15, -0.1) is 0 Å². The van der Waals surface area contributed by atoms with Crippen molar-refractivity contribution in [3.8, 4) is 5.75 Å². The van der Waals surface area contributed by atoms with E-state index in [-0.39, 0.29) is 5.75 Å². The zero-order valence-corrected chi connectivity index (χ0v) is 14.4. The third-order valence-electron chi connectivity index (χ3n) is 4.35. The molecule has 1 heterocycles. The molecule has 24 heavy (non-hydrogen) atoms. The lowest BCUT2D eigenvalue weighted by Gasteiger charge is -2.33. The number of nitrogens with one attached hydrogen (secondary N) is 2. The number of rotatable bonds is 5. The molecule has 0 saturated carbocycles.